The van der Waals surface area contributed by atoms with Gasteiger partial charge in [-0.25, -0.2) is 4.79 Å². The van der Waals surface area contributed by atoms with Crippen molar-refractivity contribution in [2.24, 2.45) is 0 Å². The number of anilines is 1. The number of rotatable bonds is 4. The van der Waals surface area contributed by atoms with Crippen molar-refractivity contribution in [2.45, 2.75) is 0 Å². The molecule has 0 spiro atoms. The first-order chi connectivity index (χ1) is 7.61. The van der Waals surface area contributed by atoms with Gasteiger partial charge in [0.25, 0.3) is 0 Å². The van der Waals surface area contributed by atoms with Gasteiger partial charge in [0.1, 0.15) is 6.61 Å². The highest BCUT2D eigenvalue weighted by molar-refractivity contribution is 6.35. The fraction of sp³-hybridized carbons (Fsp3) is 0.300. The van der Waals surface area contributed by atoms with Crippen LogP contribution in [0.2, 0.25) is 10.0 Å². The summed E-state index contributed by atoms with van der Waals surface area (Å²) in [6, 6.07) is 4.72. The first kappa shape index (κ1) is 13.1. The molecule has 1 aromatic rings. The lowest BCUT2D eigenvalue weighted by atomic mass is 10.3. The van der Waals surface area contributed by atoms with E-state index in [4.69, 9.17) is 32.7 Å². The summed E-state index contributed by atoms with van der Waals surface area (Å²) < 4.78 is 9.54. The summed E-state index contributed by atoms with van der Waals surface area (Å²) in [7, 11) is 1.53. The van der Waals surface area contributed by atoms with Gasteiger partial charge in [-0.15, -0.1) is 0 Å². The van der Waals surface area contributed by atoms with E-state index in [1.807, 2.05) is 0 Å². The molecule has 88 valence electrons. The molecular formula is C10H11Cl2NO3. The molecule has 0 saturated heterocycles. The Morgan fingerprint density at radius 3 is 2.44 bits per heavy atom. The third kappa shape index (κ3) is 4.70. The molecule has 0 saturated carbocycles. The number of halogens is 2. The van der Waals surface area contributed by atoms with Crippen molar-refractivity contribution in [1.82, 2.24) is 0 Å². The second-order valence-corrected chi connectivity index (χ2v) is 3.78. The first-order valence-corrected chi connectivity index (χ1v) is 5.26. The minimum absolute atomic E-state index is 0.191. The first-order valence-electron chi connectivity index (χ1n) is 4.50. The van der Waals surface area contributed by atoms with Gasteiger partial charge in [-0.1, -0.05) is 23.2 Å². The summed E-state index contributed by atoms with van der Waals surface area (Å²) in [6.45, 7) is 0.542. The fourth-order valence-electron chi connectivity index (χ4n) is 0.998. The molecule has 0 heterocycles. The summed E-state index contributed by atoms with van der Waals surface area (Å²) in [6.07, 6.45) is -0.574. The van der Waals surface area contributed by atoms with Gasteiger partial charge in [0.2, 0.25) is 0 Å². The standard InChI is InChI=1S/C10H11Cl2NO3/c1-15-2-3-16-10(14)13-9-5-7(11)4-8(12)6-9/h4-6H,2-3H2,1H3,(H,13,14). The molecule has 1 aromatic carbocycles. The van der Waals surface area contributed by atoms with Crippen LogP contribution in [0.3, 0.4) is 0 Å². The summed E-state index contributed by atoms with van der Waals surface area (Å²) in [5.41, 5.74) is 0.486. The zero-order valence-corrected chi connectivity index (χ0v) is 10.1. The van der Waals surface area contributed by atoms with Gasteiger partial charge in [0, 0.05) is 22.8 Å². The number of amides is 1. The van der Waals surface area contributed by atoms with Crippen LogP contribution in [0, 0.1) is 0 Å². The van der Waals surface area contributed by atoms with Crippen LogP contribution in [0.1, 0.15) is 0 Å². The van der Waals surface area contributed by atoms with Gasteiger partial charge in [-0.05, 0) is 18.2 Å². The Bertz CT molecular complexity index is 351. The van der Waals surface area contributed by atoms with Crippen molar-refractivity contribution in [3.8, 4) is 0 Å². The number of methoxy groups -OCH3 is 1. The monoisotopic (exact) mass is 263 g/mol. The number of nitrogens with one attached hydrogen (secondary N) is 1. The molecule has 1 rings (SSSR count). The largest absolute Gasteiger partial charge is 0.447 e. The number of carbonyl (C=O) groups excluding carboxylic acids is 1. The number of hydrogen-bond acceptors (Lipinski definition) is 3. The van der Waals surface area contributed by atoms with E-state index in [9.17, 15) is 4.79 Å². The van der Waals surface area contributed by atoms with Crippen molar-refractivity contribution >= 4 is 35.0 Å². The van der Waals surface area contributed by atoms with E-state index >= 15 is 0 Å². The van der Waals surface area contributed by atoms with Gasteiger partial charge in [0.15, 0.2) is 0 Å². The topological polar surface area (TPSA) is 47.6 Å². The van der Waals surface area contributed by atoms with Gasteiger partial charge in [0.05, 0.1) is 6.61 Å². The minimum atomic E-state index is -0.574. The van der Waals surface area contributed by atoms with Crippen molar-refractivity contribution < 1.29 is 14.3 Å². The van der Waals surface area contributed by atoms with E-state index in [1.165, 1.54) is 7.11 Å². The molecule has 0 bridgehead atoms. The third-order valence-corrected chi connectivity index (χ3v) is 2.07. The molecule has 0 fully saturated rings. The van der Waals surface area contributed by atoms with Crippen molar-refractivity contribution in [3.63, 3.8) is 0 Å². The Morgan fingerprint density at radius 1 is 1.25 bits per heavy atom. The molecule has 4 nitrogen and oxygen atoms in total. The van der Waals surface area contributed by atoms with E-state index in [0.29, 0.717) is 22.3 Å². The molecular weight excluding hydrogens is 253 g/mol. The van der Waals surface area contributed by atoms with Crippen LogP contribution in [0.5, 0.6) is 0 Å². The summed E-state index contributed by atoms with van der Waals surface area (Å²) in [5, 5.41) is 3.39. The maximum absolute atomic E-state index is 11.2. The van der Waals surface area contributed by atoms with E-state index in [1.54, 1.807) is 18.2 Å². The van der Waals surface area contributed by atoms with E-state index < -0.39 is 6.09 Å². The maximum atomic E-state index is 11.2. The van der Waals surface area contributed by atoms with E-state index in [2.05, 4.69) is 5.32 Å². The van der Waals surface area contributed by atoms with Gasteiger partial charge in [-0.3, -0.25) is 5.32 Å². The predicted molar refractivity (Wildman–Crippen MR) is 63.3 cm³/mol. The molecule has 0 atom stereocenters. The Kier molecular flexibility index (Phi) is 5.38. The number of ether oxygens (including phenoxy) is 2. The molecule has 16 heavy (non-hydrogen) atoms. The summed E-state index contributed by atoms with van der Waals surface area (Å²) in [5.74, 6) is 0. The SMILES string of the molecule is COCCOC(=O)Nc1cc(Cl)cc(Cl)c1. The predicted octanol–water partition coefficient (Wildman–Crippen LogP) is 3.19. The van der Waals surface area contributed by atoms with Crippen molar-refractivity contribution in [1.29, 1.82) is 0 Å². The van der Waals surface area contributed by atoms with Crippen LogP contribution in [-0.2, 0) is 9.47 Å². The summed E-state index contributed by atoms with van der Waals surface area (Å²) >= 11 is 11.5. The lowest BCUT2D eigenvalue weighted by Gasteiger charge is -2.07. The molecule has 0 unspecified atom stereocenters. The zero-order valence-electron chi connectivity index (χ0n) is 8.63. The second-order valence-electron chi connectivity index (χ2n) is 2.91. The highest BCUT2D eigenvalue weighted by Gasteiger charge is 2.04. The van der Waals surface area contributed by atoms with Crippen LogP contribution in [0.4, 0.5) is 10.5 Å². The molecule has 0 radical (unpaired) electrons. The summed E-state index contributed by atoms with van der Waals surface area (Å²) in [4.78, 5) is 11.2. The highest BCUT2D eigenvalue weighted by Crippen LogP contribution is 2.22. The molecule has 1 N–H and O–H groups in total. The van der Waals surface area contributed by atoms with Crippen molar-refractivity contribution in [2.75, 3.05) is 25.6 Å². The fourth-order valence-corrected chi connectivity index (χ4v) is 1.52. The molecule has 6 heteroatoms. The Morgan fingerprint density at radius 2 is 1.88 bits per heavy atom. The van der Waals surface area contributed by atoms with Crippen LogP contribution in [0.15, 0.2) is 18.2 Å². The Balaban J connectivity index is 2.49. The molecule has 0 aromatic heterocycles. The Hall–Kier alpha value is -0.970. The molecule has 0 aliphatic rings. The van der Waals surface area contributed by atoms with E-state index in [-0.39, 0.29) is 6.61 Å². The van der Waals surface area contributed by atoms with Crippen molar-refractivity contribution in [3.05, 3.63) is 28.2 Å². The lowest BCUT2D eigenvalue weighted by Crippen LogP contribution is -2.16. The third-order valence-electron chi connectivity index (χ3n) is 1.63. The highest BCUT2D eigenvalue weighted by atomic mass is 35.5. The number of carbonyl (C=O) groups is 1. The average Bonchev–Trinajstić information content (AvgIpc) is 2.16. The van der Waals surface area contributed by atoms with Gasteiger partial charge < -0.3 is 9.47 Å². The zero-order chi connectivity index (χ0) is 12.0. The van der Waals surface area contributed by atoms with Crippen LogP contribution in [-0.4, -0.2) is 26.4 Å². The quantitative estimate of drug-likeness (QED) is 0.849. The van der Waals surface area contributed by atoms with E-state index in [0.717, 1.165) is 0 Å². The number of benzene rings is 1. The normalized spacial score (nSPS) is 9.94. The average molecular weight is 264 g/mol. The lowest BCUT2D eigenvalue weighted by molar-refractivity contribution is 0.107. The van der Waals surface area contributed by atoms with Gasteiger partial charge in [-0.2, -0.15) is 0 Å². The van der Waals surface area contributed by atoms with Gasteiger partial charge >= 0.3 is 6.09 Å². The Labute approximate surface area is 103 Å². The minimum Gasteiger partial charge on any atom is -0.447 e. The van der Waals surface area contributed by atoms with Crippen LogP contribution >= 0.6 is 23.2 Å². The van der Waals surface area contributed by atoms with Crippen LogP contribution < -0.4 is 5.32 Å². The maximum Gasteiger partial charge on any atom is 0.411 e. The molecule has 1 amide bonds. The van der Waals surface area contributed by atoms with Crippen LogP contribution in [0.25, 0.3) is 0 Å². The molecule has 0 aliphatic heterocycles. The smallest absolute Gasteiger partial charge is 0.411 e. The molecule has 0 aliphatic carbocycles. The number of hydrogen-bond donors (Lipinski definition) is 1. The second kappa shape index (κ2) is 6.58.